The highest BCUT2D eigenvalue weighted by Crippen LogP contribution is 2.29. The molecule has 0 spiro atoms. The Bertz CT molecular complexity index is 288. The number of piperidine rings is 1. The molecular formula is C12H17ClFN. The molecule has 1 fully saturated rings. The maximum atomic E-state index is 13.4. The molecule has 15 heavy (non-hydrogen) atoms. The maximum absolute atomic E-state index is 13.4. The minimum atomic E-state index is -0.386. The van der Waals surface area contributed by atoms with Gasteiger partial charge in [-0.1, -0.05) is 24.3 Å². The SMILES string of the molecule is C=C/C=C(F)\C(Cl)=C(/C)C1CCNCC1. The van der Waals surface area contributed by atoms with Gasteiger partial charge in [-0.05, 0) is 50.4 Å². The van der Waals surface area contributed by atoms with Gasteiger partial charge < -0.3 is 5.32 Å². The Hall–Kier alpha value is -0.600. The highest BCUT2D eigenvalue weighted by Gasteiger charge is 2.18. The van der Waals surface area contributed by atoms with Crippen molar-refractivity contribution in [2.75, 3.05) is 13.1 Å². The van der Waals surface area contributed by atoms with E-state index >= 15 is 0 Å². The van der Waals surface area contributed by atoms with Crippen LogP contribution in [-0.4, -0.2) is 13.1 Å². The Balaban J connectivity index is 2.78. The van der Waals surface area contributed by atoms with E-state index in [-0.39, 0.29) is 10.9 Å². The zero-order valence-corrected chi connectivity index (χ0v) is 9.78. The fourth-order valence-corrected chi connectivity index (χ4v) is 2.02. The molecule has 1 nitrogen and oxygen atoms in total. The number of hydrogen-bond donors (Lipinski definition) is 1. The summed E-state index contributed by atoms with van der Waals surface area (Å²) in [6.45, 7) is 7.33. The second kappa shape index (κ2) is 6.09. The molecule has 1 saturated heterocycles. The van der Waals surface area contributed by atoms with E-state index in [1.165, 1.54) is 12.2 Å². The summed E-state index contributed by atoms with van der Waals surface area (Å²) in [5, 5.41) is 3.52. The molecule has 0 saturated carbocycles. The number of hydrogen-bond acceptors (Lipinski definition) is 1. The van der Waals surface area contributed by atoms with E-state index < -0.39 is 0 Å². The average Bonchev–Trinajstić information content (AvgIpc) is 2.28. The average molecular weight is 230 g/mol. The first-order chi connectivity index (χ1) is 7.16. The molecule has 84 valence electrons. The van der Waals surface area contributed by atoms with Crippen LogP contribution in [0.5, 0.6) is 0 Å². The third-order valence-electron chi connectivity index (χ3n) is 2.77. The van der Waals surface area contributed by atoms with Crippen molar-refractivity contribution >= 4 is 11.6 Å². The van der Waals surface area contributed by atoms with Crippen LogP contribution in [0, 0.1) is 5.92 Å². The zero-order chi connectivity index (χ0) is 11.3. The van der Waals surface area contributed by atoms with Crippen LogP contribution in [0.25, 0.3) is 0 Å². The first kappa shape index (κ1) is 12.5. The summed E-state index contributed by atoms with van der Waals surface area (Å²) in [5.41, 5.74) is 0.953. The summed E-state index contributed by atoms with van der Waals surface area (Å²) < 4.78 is 13.4. The molecule has 1 aliphatic heterocycles. The predicted octanol–water partition coefficient (Wildman–Crippen LogP) is 3.54. The minimum Gasteiger partial charge on any atom is -0.317 e. The van der Waals surface area contributed by atoms with Crippen LogP contribution in [0.3, 0.4) is 0 Å². The highest BCUT2D eigenvalue weighted by molar-refractivity contribution is 6.32. The lowest BCUT2D eigenvalue weighted by molar-refractivity contribution is 0.418. The van der Waals surface area contributed by atoms with Gasteiger partial charge in [-0.3, -0.25) is 0 Å². The molecule has 0 atom stereocenters. The predicted molar refractivity (Wildman–Crippen MR) is 63.5 cm³/mol. The summed E-state index contributed by atoms with van der Waals surface area (Å²) in [7, 11) is 0. The second-order valence-corrected chi connectivity index (χ2v) is 4.15. The van der Waals surface area contributed by atoms with Crippen molar-refractivity contribution in [3.8, 4) is 0 Å². The van der Waals surface area contributed by atoms with Crippen LogP contribution in [0.2, 0.25) is 0 Å². The number of allylic oxidation sites excluding steroid dienone is 5. The fourth-order valence-electron chi connectivity index (χ4n) is 1.80. The van der Waals surface area contributed by atoms with Gasteiger partial charge in [0.05, 0.1) is 5.03 Å². The lowest BCUT2D eigenvalue weighted by Crippen LogP contribution is -2.28. The molecule has 0 unspecified atom stereocenters. The maximum Gasteiger partial charge on any atom is 0.141 e. The van der Waals surface area contributed by atoms with Crippen molar-refractivity contribution in [1.29, 1.82) is 0 Å². The lowest BCUT2D eigenvalue weighted by Gasteiger charge is -2.24. The van der Waals surface area contributed by atoms with Crippen molar-refractivity contribution < 1.29 is 4.39 Å². The molecule has 1 aliphatic rings. The zero-order valence-electron chi connectivity index (χ0n) is 9.02. The van der Waals surface area contributed by atoms with Gasteiger partial charge in [-0.15, -0.1) is 0 Å². The molecule has 0 aromatic rings. The van der Waals surface area contributed by atoms with E-state index in [1.807, 2.05) is 6.92 Å². The minimum absolute atomic E-state index is 0.252. The van der Waals surface area contributed by atoms with E-state index in [0.717, 1.165) is 31.5 Å². The van der Waals surface area contributed by atoms with Gasteiger partial charge in [-0.2, -0.15) is 0 Å². The van der Waals surface area contributed by atoms with Crippen LogP contribution < -0.4 is 5.32 Å². The van der Waals surface area contributed by atoms with Gasteiger partial charge in [0.15, 0.2) is 0 Å². The standard InChI is InChI=1S/C12H17ClFN/c1-3-4-11(14)12(13)9(2)10-5-7-15-8-6-10/h3-4,10,15H,1,5-8H2,2H3/b11-4+,12-9-. The van der Waals surface area contributed by atoms with E-state index in [9.17, 15) is 4.39 Å². The van der Waals surface area contributed by atoms with Gasteiger partial charge in [-0.25, -0.2) is 4.39 Å². The van der Waals surface area contributed by atoms with Crippen LogP contribution in [0.1, 0.15) is 19.8 Å². The summed E-state index contributed by atoms with van der Waals surface area (Å²) in [6.07, 6.45) is 4.77. The number of rotatable bonds is 3. The van der Waals surface area contributed by atoms with Crippen molar-refractivity contribution in [3.05, 3.63) is 35.2 Å². The van der Waals surface area contributed by atoms with Crippen molar-refractivity contribution in [2.45, 2.75) is 19.8 Å². The van der Waals surface area contributed by atoms with E-state index in [0.29, 0.717) is 5.92 Å². The largest absolute Gasteiger partial charge is 0.317 e. The number of nitrogens with one attached hydrogen (secondary N) is 1. The first-order valence-electron chi connectivity index (χ1n) is 5.22. The van der Waals surface area contributed by atoms with Gasteiger partial charge in [0, 0.05) is 0 Å². The summed E-state index contributed by atoms with van der Waals surface area (Å²) in [6, 6.07) is 0. The van der Waals surface area contributed by atoms with Crippen LogP contribution >= 0.6 is 11.6 Å². The Morgan fingerprint density at radius 2 is 2.07 bits per heavy atom. The lowest BCUT2D eigenvalue weighted by atomic mass is 9.90. The molecule has 0 radical (unpaired) electrons. The summed E-state index contributed by atoms with van der Waals surface area (Å²) in [5.74, 6) is 0.0189. The summed E-state index contributed by atoms with van der Waals surface area (Å²) in [4.78, 5) is 0. The molecule has 0 amide bonds. The fraction of sp³-hybridized carbons (Fsp3) is 0.500. The molecule has 1 heterocycles. The van der Waals surface area contributed by atoms with Gasteiger partial charge >= 0.3 is 0 Å². The molecule has 0 aromatic carbocycles. The van der Waals surface area contributed by atoms with Crippen LogP contribution in [-0.2, 0) is 0 Å². The van der Waals surface area contributed by atoms with E-state index in [4.69, 9.17) is 11.6 Å². The van der Waals surface area contributed by atoms with Gasteiger partial charge in [0.1, 0.15) is 5.83 Å². The smallest absolute Gasteiger partial charge is 0.141 e. The van der Waals surface area contributed by atoms with Crippen LogP contribution in [0.15, 0.2) is 35.2 Å². The van der Waals surface area contributed by atoms with E-state index in [2.05, 4.69) is 11.9 Å². The molecular weight excluding hydrogens is 213 g/mol. The molecule has 0 aliphatic carbocycles. The first-order valence-corrected chi connectivity index (χ1v) is 5.60. The monoisotopic (exact) mass is 229 g/mol. The third kappa shape index (κ3) is 3.47. The van der Waals surface area contributed by atoms with Gasteiger partial charge in [0.25, 0.3) is 0 Å². The Kier molecular flexibility index (Phi) is 5.06. The molecule has 3 heteroatoms. The normalized spacial score (nSPS) is 21.1. The second-order valence-electron chi connectivity index (χ2n) is 3.77. The molecule has 0 bridgehead atoms. The van der Waals surface area contributed by atoms with Crippen molar-refractivity contribution in [1.82, 2.24) is 5.32 Å². The molecule has 1 rings (SSSR count). The number of halogens is 2. The summed E-state index contributed by atoms with van der Waals surface area (Å²) >= 11 is 5.96. The quantitative estimate of drug-likeness (QED) is 0.730. The van der Waals surface area contributed by atoms with Crippen molar-refractivity contribution in [3.63, 3.8) is 0 Å². The third-order valence-corrected chi connectivity index (χ3v) is 3.25. The van der Waals surface area contributed by atoms with Gasteiger partial charge in [0.2, 0.25) is 0 Å². The Labute approximate surface area is 95.7 Å². The highest BCUT2D eigenvalue weighted by atomic mass is 35.5. The molecule has 0 aromatic heterocycles. The van der Waals surface area contributed by atoms with Crippen LogP contribution in [0.4, 0.5) is 4.39 Å². The van der Waals surface area contributed by atoms with E-state index in [1.54, 1.807) is 0 Å². The molecule has 1 N–H and O–H groups in total. The Morgan fingerprint density at radius 3 is 2.60 bits per heavy atom. The van der Waals surface area contributed by atoms with Crippen molar-refractivity contribution in [2.24, 2.45) is 5.92 Å². The topological polar surface area (TPSA) is 12.0 Å². The Morgan fingerprint density at radius 1 is 1.47 bits per heavy atom.